The van der Waals surface area contributed by atoms with Crippen molar-refractivity contribution in [2.24, 2.45) is 0 Å². The van der Waals surface area contributed by atoms with Crippen LogP contribution >= 0.6 is 81.5 Å². The first-order chi connectivity index (χ1) is 31.8. The van der Waals surface area contributed by atoms with Gasteiger partial charge in [0, 0.05) is 44.1 Å². The summed E-state index contributed by atoms with van der Waals surface area (Å²) in [5, 5.41) is 2.53. The first-order valence-corrected chi connectivity index (χ1v) is 39.1. The van der Waals surface area contributed by atoms with Gasteiger partial charge in [0.15, 0.2) is 0 Å². The van der Waals surface area contributed by atoms with E-state index in [-0.39, 0.29) is 38.8 Å². The van der Waals surface area contributed by atoms with E-state index >= 15 is 0 Å². The highest BCUT2D eigenvalue weighted by atomic mass is 33.2. The van der Waals surface area contributed by atoms with Gasteiger partial charge in [-0.05, 0) is 121 Å². The zero-order chi connectivity index (χ0) is 46.1. The third-order valence-corrected chi connectivity index (χ3v) is 63.0. The molecule has 12 heteroatoms. The Bertz CT molecular complexity index is 3140. The van der Waals surface area contributed by atoms with Crippen LogP contribution in [0.5, 0.6) is 0 Å². The number of rotatable bonds is 8. The molecule has 6 unspecified atom stereocenters. The van der Waals surface area contributed by atoms with Crippen LogP contribution in [-0.4, -0.2) is 4.57 Å². The monoisotopic (exact) mass is 1040 g/mol. The van der Waals surface area contributed by atoms with Gasteiger partial charge in [0.05, 0.1) is 22.4 Å². The molecule has 1 aromatic heterocycles. The molecule has 66 heavy (non-hydrogen) atoms. The molecule has 8 aromatic carbocycles. The highest BCUT2D eigenvalue weighted by Crippen LogP contribution is 3.10. The maximum atomic E-state index is 2.95. The zero-order valence-corrected chi connectivity index (χ0v) is 48.0. The maximum Gasteiger partial charge on any atom is 0.0547 e. The van der Waals surface area contributed by atoms with Gasteiger partial charge in [-0.25, -0.2) is 0 Å². The molecule has 330 valence electrons. The van der Waals surface area contributed by atoms with Gasteiger partial charge in [-0.2, -0.15) is 0 Å². The van der Waals surface area contributed by atoms with Crippen molar-refractivity contribution in [3.8, 4) is 39.1 Å². The number of anilines is 3. The minimum atomic E-state index is -0.106. The van der Waals surface area contributed by atoms with E-state index in [1.165, 1.54) is 94.5 Å². The van der Waals surface area contributed by atoms with Gasteiger partial charge in [-0.15, -0.1) is 53.6 Å². The number of nitrogens with zero attached hydrogens (tertiary/aromatic N) is 2. The standard InChI is InChI=1S/C54H42N2.H12P10/c1-53(2)43-21-11-8-19-41(43)51-45(53)23-14-26-48(51)56(49-27-15-24-46-52(49)42-20-9-12-22-44(42)54(46,3)4)38-31-28-35(29-32-38)36-30-33-40-39-18-10-13-25-47(39)55(50(40)34-36)37-16-6-5-7-17-37;1-7(2)10(8(3)4)9(5)6/h5-34H,1-4H3;1-6H2. The number of hydrogen-bond acceptors (Lipinski definition) is 1. The van der Waals surface area contributed by atoms with Gasteiger partial charge < -0.3 is 9.47 Å². The molecule has 2 aliphatic rings. The van der Waals surface area contributed by atoms with Gasteiger partial charge in [0.25, 0.3) is 0 Å². The van der Waals surface area contributed by atoms with Crippen molar-refractivity contribution in [2.75, 3.05) is 4.90 Å². The van der Waals surface area contributed by atoms with E-state index in [0.717, 1.165) is 5.69 Å². The molecular weight excluding hydrogens is 986 g/mol. The number of para-hydroxylation sites is 2. The molecule has 11 rings (SSSR count). The van der Waals surface area contributed by atoms with Crippen molar-refractivity contribution in [3.05, 3.63) is 204 Å². The lowest BCUT2D eigenvalue weighted by Crippen LogP contribution is -2.17. The van der Waals surface area contributed by atoms with Crippen molar-refractivity contribution >= 4 is 120 Å². The van der Waals surface area contributed by atoms with Crippen molar-refractivity contribution in [1.82, 2.24) is 4.57 Å². The van der Waals surface area contributed by atoms with Gasteiger partial charge in [0.2, 0.25) is 0 Å². The van der Waals surface area contributed by atoms with E-state index in [2.05, 4.69) is 273 Å². The molecule has 0 fully saturated rings. The highest BCUT2D eigenvalue weighted by Gasteiger charge is 2.40. The lowest BCUT2D eigenvalue weighted by atomic mass is 9.82. The second-order valence-electron chi connectivity index (χ2n) is 18.0. The average molecular weight is 1040 g/mol. The Morgan fingerprint density at radius 1 is 0.409 bits per heavy atom. The fourth-order valence-electron chi connectivity index (χ4n) is 10.4. The second kappa shape index (κ2) is 19.1. The molecule has 2 nitrogen and oxygen atoms in total. The fraction of sp³-hybridized carbons (Fsp3) is 0.111. The van der Waals surface area contributed by atoms with Crippen molar-refractivity contribution in [2.45, 2.75) is 38.5 Å². The van der Waals surface area contributed by atoms with E-state index in [1.54, 1.807) is 0 Å². The Balaban J connectivity index is 0.000000461. The van der Waals surface area contributed by atoms with Crippen LogP contribution < -0.4 is 4.90 Å². The summed E-state index contributed by atoms with van der Waals surface area (Å²) in [6.07, 6.45) is 0. The van der Waals surface area contributed by atoms with Crippen LogP contribution in [0.2, 0.25) is 0 Å². The molecule has 6 atom stereocenters. The van der Waals surface area contributed by atoms with E-state index in [1.807, 2.05) is 0 Å². The minimum absolute atomic E-state index is 0.106. The predicted octanol–water partition coefficient (Wildman–Crippen LogP) is 19.9. The summed E-state index contributed by atoms with van der Waals surface area (Å²) in [4.78, 5) is 2.54. The number of hydrogen-bond donors (Lipinski definition) is 0. The molecule has 0 amide bonds. The largest absolute Gasteiger partial charge is 0.309 e. The third kappa shape index (κ3) is 8.27. The Kier molecular flexibility index (Phi) is 13.7. The molecule has 0 N–H and O–H groups in total. The first-order valence-electron chi connectivity index (χ1n) is 21.9. The SMILES string of the molecule is CC1(C)c2ccccc2-c2c(N(c3ccc(-c4ccc5c6ccccc6n(-c6ccccc6)c5c4)cc3)c3cccc4c3-c3ccccc3C4(C)C)cccc21.PP(P)P(P(P)P)P(P)P. The molecule has 0 radical (unpaired) electrons. The highest BCUT2D eigenvalue weighted by molar-refractivity contribution is 9.16. The summed E-state index contributed by atoms with van der Waals surface area (Å²) in [7, 11) is 17.7. The summed E-state index contributed by atoms with van der Waals surface area (Å²) in [6, 6.07) is 67.5. The smallest absolute Gasteiger partial charge is 0.0547 e. The van der Waals surface area contributed by atoms with Gasteiger partial charge in [-0.1, -0.05) is 161 Å². The van der Waals surface area contributed by atoms with Crippen molar-refractivity contribution in [1.29, 1.82) is 0 Å². The summed E-state index contributed by atoms with van der Waals surface area (Å²) >= 11 is 0. The van der Waals surface area contributed by atoms with Gasteiger partial charge in [-0.3, -0.25) is 0 Å². The van der Waals surface area contributed by atoms with Gasteiger partial charge >= 0.3 is 0 Å². The quantitative estimate of drug-likeness (QED) is 0.138. The molecule has 0 saturated carbocycles. The number of benzene rings is 8. The number of fused-ring (bicyclic) bond motifs is 9. The molecule has 0 aliphatic heterocycles. The first kappa shape index (κ1) is 47.3. The topological polar surface area (TPSA) is 8.17 Å². The summed E-state index contributed by atoms with van der Waals surface area (Å²) in [6.45, 7) is 10.1. The molecular formula is C54H54N2P10. The van der Waals surface area contributed by atoms with Crippen LogP contribution in [0.25, 0.3) is 60.9 Å². The summed E-state index contributed by atoms with van der Waals surface area (Å²) in [5.41, 5.74) is 20.1. The molecule has 0 saturated heterocycles. The van der Waals surface area contributed by atoms with E-state index in [4.69, 9.17) is 0 Å². The fourth-order valence-corrected chi connectivity index (χ4v) is 97.0. The Morgan fingerprint density at radius 3 is 1.39 bits per heavy atom. The predicted molar refractivity (Wildman–Crippen MR) is 322 cm³/mol. The van der Waals surface area contributed by atoms with E-state index in [0.29, 0.717) is 0 Å². The lowest BCUT2D eigenvalue weighted by molar-refractivity contribution is 0.660. The normalized spacial score (nSPS) is 14.1. The van der Waals surface area contributed by atoms with Crippen LogP contribution in [0.4, 0.5) is 17.1 Å². The lowest BCUT2D eigenvalue weighted by Gasteiger charge is -2.31. The Hall–Kier alpha value is -2.34. The van der Waals surface area contributed by atoms with Crippen molar-refractivity contribution < 1.29 is 0 Å². The van der Waals surface area contributed by atoms with Crippen LogP contribution in [-0.2, 0) is 10.8 Å². The Labute approximate surface area is 409 Å². The van der Waals surface area contributed by atoms with Crippen LogP contribution in [0, 0.1) is 0 Å². The zero-order valence-electron chi connectivity index (χ0n) is 37.5. The second-order valence-corrected chi connectivity index (χ2v) is 54.6. The third-order valence-electron chi connectivity index (χ3n) is 13.4. The number of aromatic nitrogens is 1. The van der Waals surface area contributed by atoms with Crippen LogP contribution in [0.15, 0.2) is 182 Å². The van der Waals surface area contributed by atoms with Gasteiger partial charge in [0.1, 0.15) is 0 Å². The van der Waals surface area contributed by atoms with E-state index in [9.17, 15) is 0 Å². The van der Waals surface area contributed by atoms with E-state index < -0.39 is 0 Å². The molecule has 0 bridgehead atoms. The summed E-state index contributed by atoms with van der Waals surface area (Å²) in [5.74, 6) is 0. The molecule has 2 aliphatic carbocycles. The minimum Gasteiger partial charge on any atom is -0.309 e. The van der Waals surface area contributed by atoms with Crippen molar-refractivity contribution in [3.63, 3.8) is 0 Å². The average Bonchev–Trinajstić information content (AvgIpc) is 3.86. The maximum absolute atomic E-state index is 2.95. The molecule has 0 spiro atoms. The van der Waals surface area contributed by atoms with Crippen LogP contribution in [0.1, 0.15) is 49.9 Å². The summed E-state index contributed by atoms with van der Waals surface area (Å²) < 4.78 is 2.40. The molecule has 9 aromatic rings. The molecule has 1 heterocycles. The van der Waals surface area contributed by atoms with Crippen LogP contribution in [0.3, 0.4) is 0 Å². The Morgan fingerprint density at radius 2 is 0.864 bits per heavy atom.